The van der Waals surface area contributed by atoms with Gasteiger partial charge in [-0.1, -0.05) is 47.5 Å². The zero-order chi connectivity index (χ0) is 21.1. The van der Waals surface area contributed by atoms with Gasteiger partial charge in [-0.3, -0.25) is 0 Å². The average Bonchev–Trinajstić information content (AvgIpc) is 3.32. The van der Waals surface area contributed by atoms with Gasteiger partial charge in [0.25, 0.3) is 6.01 Å². The first-order valence-electron chi connectivity index (χ1n) is 8.86. The molecule has 0 radical (unpaired) electrons. The second-order valence-electron chi connectivity index (χ2n) is 6.40. The monoisotopic (exact) mass is 463 g/mol. The predicted molar refractivity (Wildman–Crippen MR) is 116 cm³/mol. The summed E-state index contributed by atoms with van der Waals surface area (Å²) in [5, 5.41) is 14.0. The molecule has 0 aliphatic rings. The first-order chi connectivity index (χ1) is 14.5. The Morgan fingerprint density at radius 1 is 1.23 bits per heavy atom. The molecule has 4 aromatic rings. The van der Waals surface area contributed by atoms with E-state index in [1.54, 1.807) is 35.7 Å². The molecule has 7 nitrogen and oxygen atoms in total. The van der Waals surface area contributed by atoms with Crippen molar-refractivity contribution < 1.29 is 14.7 Å². The van der Waals surface area contributed by atoms with E-state index in [9.17, 15) is 10.1 Å². The molecule has 0 fully saturated rings. The van der Waals surface area contributed by atoms with Gasteiger partial charge in [-0.05, 0) is 34.5 Å². The van der Waals surface area contributed by atoms with Crippen LogP contribution in [0.25, 0.3) is 10.1 Å². The normalized spacial score (nSPS) is 12.2. The van der Waals surface area contributed by atoms with Crippen molar-refractivity contribution in [2.24, 2.45) is 0 Å². The van der Waals surface area contributed by atoms with Crippen molar-refractivity contribution in [2.45, 2.75) is 19.3 Å². The fourth-order valence-corrected chi connectivity index (χ4v) is 4.59. The molecular formula is C20H15Cl2N3O4S. The van der Waals surface area contributed by atoms with Crippen LogP contribution in [-0.2, 0) is 17.9 Å². The number of nitrogens with zero attached hydrogens (tertiary/aromatic N) is 3. The van der Waals surface area contributed by atoms with Gasteiger partial charge in [0.1, 0.15) is 6.10 Å². The Labute approximate surface area is 185 Å². The molecule has 0 spiro atoms. The van der Waals surface area contributed by atoms with E-state index in [2.05, 4.69) is 21.3 Å². The lowest BCUT2D eigenvalue weighted by Gasteiger charge is -2.21. The largest absolute Gasteiger partial charge is 0.367 e. The van der Waals surface area contributed by atoms with Gasteiger partial charge >= 0.3 is 5.09 Å². The molecule has 0 N–H and O–H groups in total. The maximum atomic E-state index is 10.7. The van der Waals surface area contributed by atoms with Gasteiger partial charge in [-0.25, -0.2) is 9.82 Å². The molecule has 0 saturated carbocycles. The van der Waals surface area contributed by atoms with Crippen LogP contribution in [-0.4, -0.2) is 14.6 Å². The highest BCUT2D eigenvalue weighted by molar-refractivity contribution is 7.17. The molecule has 4 rings (SSSR count). The van der Waals surface area contributed by atoms with Crippen LogP contribution in [0.5, 0.6) is 6.01 Å². The van der Waals surface area contributed by atoms with Crippen LogP contribution in [0.1, 0.15) is 17.2 Å². The second kappa shape index (κ2) is 9.01. The van der Waals surface area contributed by atoms with Crippen molar-refractivity contribution in [3.05, 3.63) is 91.5 Å². The zero-order valence-electron chi connectivity index (χ0n) is 15.4. The Kier molecular flexibility index (Phi) is 6.19. The van der Waals surface area contributed by atoms with Gasteiger partial charge in [0.05, 0.1) is 13.2 Å². The van der Waals surface area contributed by atoms with Gasteiger partial charge in [0, 0.05) is 32.7 Å². The first-order valence-corrected chi connectivity index (χ1v) is 10.5. The molecular weight excluding hydrogens is 449 g/mol. The summed E-state index contributed by atoms with van der Waals surface area (Å²) in [6.45, 7) is 0.556. The number of fused-ring (bicyclic) bond motifs is 1. The number of aromatic nitrogens is 2. The van der Waals surface area contributed by atoms with Crippen molar-refractivity contribution in [2.75, 3.05) is 0 Å². The number of rotatable bonds is 8. The summed E-state index contributed by atoms with van der Waals surface area (Å²) in [7, 11) is 0. The van der Waals surface area contributed by atoms with E-state index < -0.39 is 11.2 Å². The fourth-order valence-electron chi connectivity index (χ4n) is 3.11. The van der Waals surface area contributed by atoms with Crippen LogP contribution in [0.15, 0.2) is 60.2 Å². The molecule has 2 heterocycles. The zero-order valence-corrected chi connectivity index (χ0v) is 17.7. The van der Waals surface area contributed by atoms with Crippen LogP contribution in [0.4, 0.5) is 0 Å². The Morgan fingerprint density at radius 3 is 2.87 bits per heavy atom. The summed E-state index contributed by atoms with van der Waals surface area (Å²) in [6, 6.07) is 13.1. The summed E-state index contributed by atoms with van der Waals surface area (Å²) in [5.41, 5.74) is 1.76. The number of ether oxygens (including phenoxy) is 1. The number of thiophene rings is 1. The standard InChI is InChI=1S/C20H15Cl2N3O4S/c21-14-5-6-16(17(22)9-14)18(10-24-8-7-23-20(24)29-25(26)27)28-11-13-12-30-19-4-2-1-3-15(13)19/h1-9,12,18H,10-11H2. The quantitative estimate of drug-likeness (QED) is 0.238. The second-order valence-corrected chi connectivity index (χ2v) is 8.15. The molecule has 0 saturated heterocycles. The van der Waals surface area contributed by atoms with Gasteiger partial charge < -0.3 is 9.30 Å². The molecule has 0 amide bonds. The summed E-state index contributed by atoms with van der Waals surface area (Å²) < 4.78 is 8.92. The van der Waals surface area contributed by atoms with Crippen molar-refractivity contribution in [3.8, 4) is 6.01 Å². The van der Waals surface area contributed by atoms with E-state index in [0.29, 0.717) is 22.2 Å². The molecule has 2 aromatic heterocycles. The summed E-state index contributed by atoms with van der Waals surface area (Å²) in [4.78, 5) is 19.2. The van der Waals surface area contributed by atoms with Crippen molar-refractivity contribution in [3.63, 3.8) is 0 Å². The number of benzene rings is 2. The molecule has 1 atom stereocenters. The van der Waals surface area contributed by atoms with E-state index in [0.717, 1.165) is 10.9 Å². The molecule has 2 aromatic carbocycles. The minimum Gasteiger partial charge on any atom is -0.367 e. The highest BCUT2D eigenvalue weighted by atomic mass is 35.5. The van der Waals surface area contributed by atoms with E-state index >= 15 is 0 Å². The summed E-state index contributed by atoms with van der Waals surface area (Å²) >= 11 is 14.1. The molecule has 1 unspecified atom stereocenters. The molecule has 0 aliphatic heterocycles. The number of hydrogen-bond acceptors (Lipinski definition) is 6. The third-order valence-corrected chi connectivity index (χ3v) is 6.08. The lowest BCUT2D eigenvalue weighted by atomic mass is 10.1. The maximum absolute atomic E-state index is 10.7. The number of imidazole rings is 1. The topological polar surface area (TPSA) is 79.4 Å². The van der Waals surface area contributed by atoms with Crippen molar-refractivity contribution in [1.82, 2.24) is 9.55 Å². The predicted octanol–water partition coefficient (Wildman–Crippen LogP) is 5.93. The summed E-state index contributed by atoms with van der Waals surface area (Å²) in [6.07, 6.45) is 2.49. The van der Waals surface area contributed by atoms with Gasteiger partial charge in [0.2, 0.25) is 0 Å². The number of halogens is 2. The lowest BCUT2D eigenvalue weighted by Crippen LogP contribution is -2.16. The summed E-state index contributed by atoms with van der Waals surface area (Å²) in [5.74, 6) is 0. The lowest BCUT2D eigenvalue weighted by molar-refractivity contribution is -0.713. The van der Waals surface area contributed by atoms with Crippen LogP contribution >= 0.6 is 34.5 Å². The highest BCUT2D eigenvalue weighted by Gasteiger charge is 2.20. The third kappa shape index (κ3) is 4.57. The van der Waals surface area contributed by atoms with E-state index in [4.69, 9.17) is 27.9 Å². The fraction of sp³-hybridized carbons (Fsp3) is 0.150. The van der Waals surface area contributed by atoms with Crippen molar-refractivity contribution >= 4 is 44.6 Å². The first kappa shape index (κ1) is 20.6. The Morgan fingerprint density at radius 2 is 2.07 bits per heavy atom. The van der Waals surface area contributed by atoms with Gasteiger partial charge in [-0.2, -0.15) is 0 Å². The minimum absolute atomic E-state index is 0.139. The average molecular weight is 464 g/mol. The third-order valence-electron chi connectivity index (χ3n) is 4.51. The van der Waals surface area contributed by atoms with Crippen LogP contribution in [0.3, 0.4) is 0 Å². The SMILES string of the molecule is O=[N+]([O-])Oc1nccn1CC(OCc1csc2ccccc12)c1ccc(Cl)cc1Cl. The molecule has 154 valence electrons. The molecule has 0 bridgehead atoms. The van der Waals surface area contributed by atoms with E-state index in [1.807, 2.05) is 18.2 Å². The minimum atomic E-state index is -0.901. The number of hydrogen-bond donors (Lipinski definition) is 0. The Hall–Kier alpha value is -2.65. The maximum Gasteiger partial charge on any atom is 0.302 e. The molecule has 10 heteroatoms. The molecule has 0 aliphatic carbocycles. The van der Waals surface area contributed by atoms with Gasteiger partial charge in [-0.15, -0.1) is 21.5 Å². The van der Waals surface area contributed by atoms with Crippen LogP contribution in [0.2, 0.25) is 10.0 Å². The van der Waals surface area contributed by atoms with Crippen LogP contribution in [0, 0.1) is 10.1 Å². The van der Waals surface area contributed by atoms with Gasteiger partial charge in [0.15, 0.2) is 0 Å². The smallest absolute Gasteiger partial charge is 0.302 e. The van der Waals surface area contributed by atoms with E-state index in [1.165, 1.54) is 15.5 Å². The van der Waals surface area contributed by atoms with Crippen molar-refractivity contribution in [1.29, 1.82) is 0 Å². The van der Waals surface area contributed by atoms with Crippen LogP contribution < -0.4 is 4.84 Å². The highest BCUT2D eigenvalue weighted by Crippen LogP contribution is 2.33. The van der Waals surface area contributed by atoms with E-state index in [-0.39, 0.29) is 12.6 Å². The molecule has 30 heavy (non-hydrogen) atoms. The Balaban J connectivity index is 1.62. The Bertz CT molecular complexity index is 1190.